The molecule has 14 heavy (non-hydrogen) atoms. The molecule has 0 unspecified atom stereocenters. The lowest BCUT2D eigenvalue weighted by molar-refractivity contribution is -0.390. The fraction of sp³-hybridized carbons (Fsp3) is 0.143. The average Bonchev–Trinajstić information content (AvgIpc) is 2.01. The van der Waals surface area contributed by atoms with Crippen LogP contribution in [0.25, 0.3) is 0 Å². The van der Waals surface area contributed by atoms with Crippen LogP contribution in [0.1, 0.15) is 5.56 Å². The summed E-state index contributed by atoms with van der Waals surface area (Å²) < 4.78 is 36.8. The highest BCUT2D eigenvalue weighted by atomic mass is 32.1. The molecule has 7 heteroatoms. The van der Waals surface area contributed by atoms with Crippen molar-refractivity contribution in [2.75, 3.05) is 0 Å². The van der Waals surface area contributed by atoms with Crippen LogP contribution in [0.3, 0.4) is 0 Å². The van der Waals surface area contributed by atoms with Crippen molar-refractivity contribution in [3.63, 3.8) is 0 Å². The number of thiol groups is 1. The van der Waals surface area contributed by atoms with Crippen LogP contribution >= 0.6 is 12.6 Å². The third kappa shape index (κ3) is 1.98. The van der Waals surface area contributed by atoms with E-state index in [9.17, 15) is 23.3 Å². The molecule has 1 rings (SSSR count). The number of rotatable bonds is 1. The molecule has 3 nitrogen and oxygen atoms in total. The van der Waals surface area contributed by atoms with E-state index in [1.165, 1.54) is 0 Å². The third-order valence-corrected chi connectivity index (χ3v) is 1.86. The zero-order valence-electron chi connectivity index (χ0n) is 6.58. The Morgan fingerprint density at radius 3 is 2.29 bits per heavy atom. The first-order chi connectivity index (χ1) is 6.34. The molecule has 0 amide bonds. The second-order valence-electron chi connectivity index (χ2n) is 2.43. The van der Waals surface area contributed by atoms with Gasteiger partial charge in [-0.05, 0) is 12.1 Å². The maximum atomic E-state index is 12.3. The summed E-state index contributed by atoms with van der Waals surface area (Å²) in [5.74, 6) is 0. The maximum Gasteiger partial charge on any atom is 0.423 e. The first-order valence-electron chi connectivity index (χ1n) is 3.37. The molecule has 0 heterocycles. The summed E-state index contributed by atoms with van der Waals surface area (Å²) in [5.41, 5.74) is -2.29. The highest BCUT2D eigenvalue weighted by molar-refractivity contribution is 7.80. The fourth-order valence-corrected chi connectivity index (χ4v) is 1.24. The minimum Gasteiger partial charge on any atom is -0.258 e. The zero-order valence-corrected chi connectivity index (χ0v) is 7.47. The van der Waals surface area contributed by atoms with Crippen LogP contribution in [0.4, 0.5) is 18.9 Å². The molecule has 0 aliphatic heterocycles. The molecule has 0 aliphatic carbocycles. The second kappa shape index (κ2) is 3.49. The lowest BCUT2D eigenvalue weighted by Crippen LogP contribution is -2.09. The average molecular weight is 223 g/mol. The van der Waals surface area contributed by atoms with Crippen molar-refractivity contribution >= 4 is 18.3 Å². The van der Waals surface area contributed by atoms with Gasteiger partial charge in [0.15, 0.2) is 0 Å². The highest BCUT2D eigenvalue weighted by Gasteiger charge is 2.39. The molecular weight excluding hydrogens is 219 g/mol. The van der Waals surface area contributed by atoms with Crippen LogP contribution in [0.2, 0.25) is 0 Å². The van der Waals surface area contributed by atoms with E-state index in [4.69, 9.17) is 0 Å². The Hall–Kier alpha value is -1.24. The van der Waals surface area contributed by atoms with Crippen molar-refractivity contribution in [3.8, 4) is 0 Å². The minimum absolute atomic E-state index is 0.301. The molecule has 0 spiro atoms. The number of nitro groups is 1. The normalized spacial score (nSPS) is 11.4. The van der Waals surface area contributed by atoms with Crippen molar-refractivity contribution in [2.24, 2.45) is 0 Å². The van der Waals surface area contributed by atoms with E-state index >= 15 is 0 Å². The lowest BCUT2D eigenvalue weighted by atomic mass is 10.2. The Bertz CT molecular complexity index is 378. The number of halogens is 3. The Morgan fingerprint density at radius 1 is 1.36 bits per heavy atom. The Balaban J connectivity index is 3.44. The molecule has 76 valence electrons. The van der Waals surface area contributed by atoms with Crippen molar-refractivity contribution in [1.82, 2.24) is 0 Å². The summed E-state index contributed by atoms with van der Waals surface area (Å²) in [4.78, 5) is 8.95. The number of hydrogen-bond acceptors (Lipinski definition) is 3. The predicted octanol–water partition coefficient (Wildman–Crippen LogP) is 2.90. The van der Waals surface area contributed by atoms with Gasteiger partial charge in [-0.1, -0.05) is 6.07 Å². The van der Waals surface area contributed by atoms with Gasteiger partial charge in [0.1, 0.15) is 5.56 Å². The van der Waals surface area contributed by atoms with Gasteiger partial charge in [0.2, 0.25) is 0 Å². The summed E-state index contributed by atoms with van der Waals surface area (Å²) in [6, 6.07) is 2.85. The van der Waals surface area contributed by atoms with Crippen LogP contribution in [-0.4, -0.2) is 4.92 Å². The van der Waals surface area contributed by atoms with Gasteiger partial charge in [-0.15, -0.1) is 12.6 Å². The molecular formula is C7H4F3NO2S. The van der Waals surface area contributed by atoms with Crippen LogP contribution in [0.15, 0.2) is 23.1 Å². The van der Waals surface area contributed by atoms with Gasteiger partial charge >= 0.3 is 6.18 Å². The van der Waals surface area contributed by atoms with Gasteiger partial charge in [-0.2, -0.15) is 13.2 Å². The highest BCUT2D eigenvalue weighted by Crippen LogP contribution is 2.38. The van der Waals surface area contributed by atoms with Crippen molar-refractivity contribution < 1.29 is 18.1 Å². The van der Waals surface area contributed by atoms with Gasteiger partial charge in [-0.25, -0.2) is 0 Å². The van der Waals surface area contributed by atoms with E-state index in [1.54, 1.807) is 0 Å². The van der Waals surface area contributed by atoms with Gasteiger partial charge < -0.3 is 0 Å². The standard InChI is InChI=1S/C7H4F3NO2S/c8-7(9,10)4-2-1-3-5(14)6(4)11(12)13/h1-3,14H. The van der Waals surface area contributed by atoms with Crippen molar-refractivity contribution in [2.45, 2.75) is 11.1 Å². The molecule has 0 fully saturated rings. The Morgan fingerprint density at radius 2 is 1.93 bits per heavy atom. The summed E-state index contributed by atoms with van der Waals surface area (Å²) in [7, 11) is 0. The van der Waals surface area contributed by atoms with Crippen molar-refractivity contribution in [1.29, 1.82) is 0 Å². The van der Waals surface area contributed by atoms with E-state index < -0.39 is 22.4 Å². The molecule has 1 aromatic carbocycles. The minimum atomic E-state index is -4.73. The van der Waals surface area contributed by atoms with E-state index in [2.05, 4.69) is 12.6 Å². The van der Waals surface area contributed by atoms with Crippen LogP contribution < -0.4 is 0 Å². The molecule has 0 N–H and O–H groups in total. The third-order valence-electron chi connectivity index (χ3n) is 1.50. The lowest BCUT2D eigenvalue weighted by Gasteiger charge is -2.07. The maximum absolute atomic E-state index is 12.3. The number of nitrogens with zero attached hydrogens (tertiary/aromatic N) is 1. The SMILES string of the molecule is O=[N+]([O-])c1c(S)cccc1C(F)(F)F. The van der Waals surface area contributed by atoms with Gasteiger partial charge in [0.25, 0.3) is 5.69 Å². The van der Waals surface area contributed by atoms with Gasteiger partial charge in [-0.3, -0.25) is 10.1 Å². The van der Waals surface area contributed by atoms with Crippen LogP contribution in [0.5, 0.6) is 0 Å². The van der Waals surface area contributed by atoms with E-state index in [0.717, 1.165) is 12.1 Å². The van der Waals surface area contributed by atoms with Crippen LogP contribution in [0, 0.1) is 10.1 Å². The quantitative estimate of drug-likeness (QED) is 0.452. The molecule has 0 aromatic heterocycles. The van der Waals surface area contributed by atoms with Gasteiger partial charge in [0, 0.05) is 0 Å². The number of nitro benzene ring substituents is 1. The number of para-hydroxylation sites is 1. The first kappa shape index (κ1) is 10.8. The monoisotopic (exact) mass is 223 g/mol. The second-order valence-corrected chi connectivity index (χ2v) is 2.91. The van der Waals surface area contributed by atoms with Crippen LogP contribution in [-0.2, 0) is 6.18 Å². The molecule has 0 saturated heterocycles. The molecule has 0 bridgehead atoms. The first-order valence-corrected chi connectivity index (χ1v) is 3.82. The number of hydrogen-bond donors (Lipinski definition) is 1. The summed E-state index contributed by atoms with van der Waals surface area (Å²) >= 11 is 3.60. The zero-order chi connectivity index (χ0) is 10.9. The topological polar surface area (TPSA) is 43.1 Å². The Kier molecular flexibility index (Phi) is 2.70. The number of benzene rings is 1. The van der Waals surface area contributed by atoms with E-state index in [-0.39, 0.29) is 4.90 Å². The molecule has 0 atom stereocenters. The molecule has 1 aromatic rings. The smallest absolute Gasteiger partial charge is 0.258 e. The van der Waals surface area contributed by atoms with Crippen molar-refractivity contribution in [3.05, 3.63) is 33.9 Å². The molecule has 0 radical (unpaired) electrons. The molecule has 0 aliphatic rings. The largest absolute Gasteiger partial charge is 0.423 e. The summed E-state index contributed by atoms with van der Waals surface area (Å²) in [6.07, 6.45) is -4.73. The summed E-state index contributed by atoms with van der Waals surface area (Å²) in [6.45, 7) is 0. The van der Waals surface area contributed by atoms with Gasteiger partial charge in [0.05, 0.1) is 9.82 Å². The predicted molar refractivity (Wildman–Crippen MR) is 45.4 cm³/mol. The number of alkyl halides is 3. The van der Waals surface area contributed by atoms with E-state index in [0.29, 0.717) is 6.07 Å². The molecule has 0 saturated carbocycles. The summed E-state index contributed by atoms with van der Waals surface area (Å²) in [5, 5.41) is 10.3. The Labute approximate surface area is 82.1 Å². The van der Waals surface area contributed by atoms with E-state index in [1.807, 2.05) is 0 Å². The fourth-order valence-electron chi connectivity index (χ4n) is 0.952.